The first-order valence-electron chi connectivity index (χ1n) is 4.19. The topological polar surface area (TPSA) is 26.0 Å². The van der Waals surface area contributed by atoms with E-state index in [0.29, 0.717) is 5.25 Å². The van der Waals surface area contributed by atoms with E-state index in [1.54, 1.807) is 11.8 Å². The molecule has 1 rings (SSSR count). The van der Waals surface area contributed by atoms with E-state index in [1.165, 1.54) is 12.2 Å². The van der Waals surface area contributed by atoms with Gasteiger partial charge in [-0.1, -0.05) is 13.5 Å². The Kier molecular flexibility index (Phi) is 3.33. The summed E-state index contributed by atoms with van der Waals surface area (Å²) >= 11 is 1.62. The van der Waals surface area contributed by atoms with Gasteiger partial charge in [0, 0.05) is 16.2 Å². The Morgan fingerprint density at radius 2 is 2.31 bits per heavy atom. The molecule has 0 aliphatic carbocycles. The molecule has 0 bridgehead atoms. The molecule has 3 heteroatoms. The molecular formula is C10H14FNS. The van der Waals surface area contributed by atoms with Crippen molar-refractivity contribution in [2.24, 2.45) is 5.73 Å². The van der Waals surface area contributed by atoms with Crippen LogP contribution in [0.15, 0.2) is 35.0 Å². The normalized spacial score (nSPS) is 29.7. The van der Waals surface area contributed by atoms with Gasteiger partial charge in [0.1, 0.15) is 5.83 Å². The summed E-state index contributed by atoms with van der Waals surface area (Å²) in [6, 6.07) is 0.0499. The van der Waals surface area contributed by atoms with E-state index < -0.39 is 0 Å². The SMILES string of the molecule is C=C/C(F)=C\C1=C(C)C(N)C(C)S1. The standard InChI is InChI=1S/C10H14FNS/c1-4-8(11)5-9-6(2)10(12)7(3)13-9/h4-5,7,10H,1,12H2,2-3H3/b8-5+. The van der Waals surface area contributed by atoms with Crippen molar-refractivity contribution in [1.29, 1.82) is 0 Å². The smallest absolute Gasteiger partial charge is 0.123 e. The second-order valence-corrected chi connectivity index (χ2v) is 4.55. The van der Waals surface area contributed by atoms with Gasteiger partial charge >= 0.3 is 0 Å². The molecule has 0 aromatic carbocycles. The fraction of sp³-hybridized carbons (Fsp3) is 0.400. The lowest BCUT2D eigenvalue weighted by atomic mass is 10.1. The summed E-state index contributed by atoms with van der Waals surface area (Å²) in [5.74, 6) is -0.303. The third kappa shape index (κ3) is 2.23. The summed E-state index contributed by atoms with van der Waals surface area (Å²) in [4.78, 5) is 0.942. The summed E-state index contributed by atoms with van der Waals surface area (Å²) < 4.78 is 12.9. The average molecular weight is 199 g/mol. The molecule has 0 amide bonds. The van der Waals surface area contributed by atoms with Crippen LogP contribution in [0.5, 0.6) is 0 Å². The zero-order chi connectivity index (χ0) is 10.0. The zero-order valence-electron chi connectivity index (χ0n) is 7.88. The van der Waals surface area contributed by atoms with Crippen LogP contribution in [-0.4, -0.2) is 11.3 Å². The Morgan fingerprint density at radius 3 is 2.69 bits per heavy atom. The van der Waals surface area contributed by atoms with E-state index in [9.17, 15) is 4.39 Å². The molecular weight excluding hydrogens is 185 g/mol. The van der Waals surface area contributed by atoms with Crippen LogP contribution in [-0.2, 0) is 0 Å². The van der Waals surface area contributed by atoms with Crippen LogP contribution >= 0.6 is 11.8 Å². The van der Waals surface area contributed by atoms with Crippen molar-refractivity contribution in [2.45, 2.75) is 25.1 Å². The first-order chi connectivity index (χ1) is 6.06. The van der Waals surface area contributed by atoms with Gasteiger partial charge in [-0.2, -0.15) is 0 Å². The van der Waals surface area contributed by atoms with Gasteiger partial charge in [-0.3, -0.25) is 0 Å². The van der Waals surface area contributed by atoms with Crippen LogP contribution in [0.4, 0.5) is 4.39 Å². The van der Waals surface area contributed by atoms with Crippen molar-refractivity contribution in [3.63, 3.8) is 0 Å². The van der Waals surface area contributed by atoms with Gasteiger partial charge in [0.25, 0.3) is 0 Å². The molecule has 2 unspecified atom stereocenters. The van der Waals surface area contributed by atoms with Gasteiger partial charge in [0.05, 0.1) is 0 Å². The van der Waals surface area contributed by atoms with Crippen LogP contribution in [0.1, 0.15) is 13.8 Å². The van der Waals surface area contributed by atoms with Crippen LogP contribution in [0.2, 0.25) is 0 Å². The summed E-state index contributed by atoms with van der Waals surface area (Å²) in [6.45, 7) is 7.35. The molecule has 0 aromatic rings. The number of halogens is 1. The molecule has 0 aromatic heterocycles. The average Bonchev–Trinajstić information content (AvgIpc) is 2.34. The molecule has 0 fully saturated rings. The minimum atomic E-state index is -0.303. The predicted octanol–water partition coefficient (Wildman–Crippen LogP) is 2.76. The number of rotatable bonds is 2. The largest absolute Gasteiger partial charge is 0.323 e. The van der Waals surface area contributed by atoms with Crippen LogP contribution in [0.25, 0.3) is 0 Å². The molecule has 2 atom stereocenters. The molecule has 1 aliphatic heterocycles. The zero-order valence-corrected chi connectivity index (χ0v) is 8.70. The van der Waals surface area contributed by atoms with Crippen LogP contribution in [0.3, 0.4) is 0 Å². The summed E-state index contributed by atoms with van der Waals surface area (Å²) in [5.41, 5.74) is 6.94. The van der Waals surface area contributed by atoms with E-state index in [0.717, 1.165) is 10.5 Å². The lowest BCUT2D eigenvalue weighted by Crippen LogP contribution is -2.27. The van der Waals surface area contributed by atoms with Gasteiger partial charge in [-0.25, -0.2) is 4.39 Å². The van der Waals surface area contributed by atoms with E-state index in [1.807, 2.05) is 13.8 Å². The predicted molar refractivity (Wildman–Crippen MR) is 57.1 cm³/mol. The Morgan fingerprint density at radius 1 is 1.69 bits per heavy atom. The van der Waals surface area contributed by atoms with Crippen molar-refractivity contribution in [1.82, 2.24) is 0 Å². The summed E-state index contributed by atoms with van der Waals surface area (Å²) in [6.07, 6.45) is 2.70. The molecule has 2 N–H and O–H groups in total. The van der Waals surface area contributed by atoms with Crippen molar-refractivity contribution >= 4 is 11.8 Å². The third-order valence-corrected chi connectivity index (χ3v) is 3.53. The minimum Gasteiger partial charge on any atom is -0.323 e. The van der Waals surface area contributed by atoms with Crippen LogP contribution < -0.4 is 5.73 Å². The number of nitrogens with two attached hydrogens (primary N) is 1. The number of hydrogen-bond donors (Lipinski definition) is 1. The fourth-order valence-corrected chi connectivity index (χ4v) is 2.47. The Bertz CT molecular complexity index is 281. The molecule has 0 saturated carbocycles. The van der Waals surface area contributed by atoms with Crippen molar-refractivity contribution < 1.29 is 4.39 Å². The van der Waals surface area contributed by atoms with Gasteiger partial charge in [-0.15, -0.1) is 11.8 Å². The Labute approximate surface area is 82.6 Å². The molecule has 1 nitrogen and oxygen atoms in total. The monoisotopic (exact) mass is 199 g/mol. The molecule has 13 heavy (non-hydrogen) atoms. The highest BCUT2D eigenvalue weighted by molar-refractivity contribution is 8.04. The molecule has 0 radical (unpaired) electrons. The van der Waals surface area contributed by atoms with Crippen molar-refractivity contribution in [2.75, 3.05) is 0 Å². The van der Waals surface area contributed by atoms with Gasteiger partial charge in [-0.05, 0) is 24.6 Å². The summed E-state index contributed by atoms with van der Waals surface area (Å²) in [7, 11) is 0. The molecule has 0 saturated heterocycles. The van der Waals surface area contributed by atoms with E-state index >= 15 is 0 Å². The minimum absolute atomic E-state index is 0.0499. The molecule has 1 aliphatic rings. The third-order valence-electron chi connectivity index (χ3n) is 2.17. The first-order valence-corrected chi connectivity index (χ1v) is 5.07. The highest BCUT2D eigenvalue weighted by Gasteiger charge is 2.25. The highest BCUT2D eigenvalue weighted by Crippen LogP contribution is 2.37. The van der Waals surface area contributed by atoms with Crippen molar-refractivity contribution in [3.05, 3.63) is 35.0 Å². The van der Waals surface area contributed by atoms with E-state index in [2.05, 4.69) is 6.58 Å². The number of hydrogen-bond acceptors (Lipinski definition) is 2. The first kappa shape index (κ1) is 10.5. The van der Waals surface area contributed by atoms with Gasteiger partial charge in [0.15, 0.2) is 0 Å². The Balaban J connectivity index is 2.88. The quantitative estimate of drug-likeness (QED) is 0.692. The maximum absolute atomic E-state index is 12.9. The maximum atomic E-state index is 12.9. The number of allylic oxidation sites excluding steroid dienone is 3. The lowest BCUT2D eigenvalue weighted by molar-refractivity contribution is 0.667. The molecule has 1 heterocycles. The molecule has 72 valence electrons. The highest BCUT2D eigenvalue weighted by atomic mass is 32.2. The number of thioether (sulfide) groups is 1. The van der Waals surface area contributed by atoms with E-state index in [4.69, 9.17) is 5.73 Å². The second-order valence-electron chi connectivity index (χ2n) is 3.13. The van der Waals surface area contributed by atoms with Crippen LogP contribution in [0, 0.1) is 0 Å². The second kappa shape index (κ2) is 4.11. The fourth-order valence-electron chi connectivity index (χ4n) is 1.21. The Hall–Kier alpha value is -0.540. The van der Waals surface area contributed by atoms with Gasteiger partial charge < -0.3 is 5.73 Å². The summed E-state index contributed by atoms with van der Waals surface area (Å²) in [5, 5.41) is 0.337. The van der Waals surface area contributed by atoms with Crippen molar-refractivity contribution in [3.8, 4) is 0 Å². The molecule has 0 spiro atoms. The lowest BCUT2D eigenvalue weighted by Gasteiger charge is -2.08. The maximum Gasteiger partial charge on any atom is 0.123 e. The van der Waals surface area contributed by atoms with E-state index in [-0.39, 0.29) is 11.9 Å². The van der Waals surface area contributed by atoms with Gasteiger partial charge in [0.2, 0.25) is 0 Å².